The van der Waals surface area contributed by atoms with Crippen LogP contribution in [-0.4, -0.2) is 9.97 Å². The fraction of sp³-hybridized carbons (Fsp3) is 0.0189. The van der Waals surface area contributed by atoms with E-state index in [0.717, 1.165) is 60.3 Å². The molecule has 0 aliphatic rings. The molecule has 60 heavy (non-hydrogen) atoms. The Labute approximate surface area is 351 Å². The fourth-order valence-corrected chi connectivity index (χ4v) is 13.8. The number of anilines is 3. The van der Waals surface area contributed by atoms with Crippen LogP contribution in [0.4, 0.5) is 17.1 Å². The summed E-state index contributed by atoms with van der Waals surface area (Å²) in [5, 5.41) is 4.35. The summed E-state index contributed by atoms with van der Waals surface area (Å²) in [5.74, 6) is 0.567. The molecule has 9 aromatic rings. The van der Waals surface area contributed by atoms with Crippen LogP contribution in [0.15, 0.2) is 237 Å². The smallest absolute Gasteiger partial charge is 0.171 e. The van der Waals surface area contributed by atoms with Gasteiger partial charge in [0, 0.05) is 66.8 Å². The SMILES string of the molecule is O=P(c1ccccc1)(c1cccc(-c2ncccn2)c1)c1ccccc1Cc1ccccc1P(=O)(c1ccccc1)c1cccc(N(c2ccccc2)c2ccccc2)c1. The van der Waals surface area contributed by atoms with Gasteiger partial charge < -0.3 is 14.0 Å². The van der Waals surface area contributed by atoms with Crippen molar-refractivity contribution < 1.29 is 9.13 Å². The molecule has 0 radical (unpaired) electrons. The maximum absolute atomic E-state index is 16.5. The lowest BCUT2D eigenvalue weighted by Gasteiger charge is -2.28. The van der Waals surface area contributed by atoms with E-state index in [9.17, 15) is 0 Å². The molecule has 1 aromatic heterocycles. The minimum atomic E-state index is -3.52. The van der Waals surface area contributed by atoms with E-state index in [4.69, 9.17) is 0 Å². The van der Waals surface area contributed by atoms with Crippen LogP contribution in [0, 0.1) is 0 Å². The predicted octanol–water partition coefficient (Wildman–Crippen LogP) is 10.5. The van der Waals surface area contributed by atoms with E-state index < -0.39 is 14.3 Å². The maximum Gasteiger partial charge on any atom is 0.171 e. The van der Waals surface area contributed by atoms with Gasteiger partial charge in [-0.15, -0.1) is 0 Å². The zero-order chi connectivity index (χ0) is 40.8. The summed E-state index contributed by atoms with van der Waals surface area (Å²) in [6, 6.07) is 73.7. The number of nitrogens with zero attached hydrogens (tertiary/aromatic N) is 3. The maximum atomic E-state index is 16.5. The molecule has 2 atom stereocenters. The van der Waals surface area contributed by atoms with Crippen molar-refractivity contribution in [2.75, 3.05) is 4.90 Å². The van der Waals surface area contributed by atoms with Crippen LogP contribution >= 0.6 is 14.3 Å². The van der Waals surface area contributed by atoms with Gasteiger partial charge in [-0.2, -0.15) is 0 Å². The highest BCUT2D eigenvalue weighted by Gasteiger charge is 2.35. The van der Waals surface area contributed by atoms with E-state index in [-0.39, 0.29) is 0 Å². The van der Waals surface area contributed by atoms with E-state index in [1.807, 2.05) is 170 Å². The molecule has 7 heteroatoms. The van der Waals surface area contributed by atoms with Crippen molar-refractivity contribution in [3.63, 3.8) is 0 Å². The molecule has 0 aliphatic heterocycles. The van der Waals surface area contributed by atoms with Gasteiger partial charge in [-0.1, -0.05) is 176 Å². The van der Waals surface area contributed by atoms with Crippen molar-refractivity contribution in [1.29, 1.82) is 0 Å². The first-order chi connectivity index (χ1) is 29.5. The highest BCUT2D eigenvalue weighted by molar-refractivity contribution is 7.86. The van der Waals surface area contributed by atoms with Crippen LogP contribution in [0.5, 0.6) is 0 Å². The van der Waals surface area contributed by atoms with Crippen molar-refractivity contribution in [3.05, 3.63) is 248 Å². The van der Waals surface area contributed by atoms with Crippen molar-refractivity contribution in [3.8, 4) is 11.4 Å². The summed E-state index contributed by atoms with van der Waals surface area (Å²) in [6.45, 7) is 0. The lowest BCUT2D eigenvalue weighted by atomic mass is 10.1. The second-order valence-corrected chi connectivity index (χ2v) is 19.9. The first-order valence-corrected chi connectivity index (χ1v) is 23.3. The Bertz CT molecular complexity index is 2930. The molecular formula is C53H41N3O2P2. The van der Waals surface area contributed by atoms with Gasteiger partial charge in [0.05, 0.1) is 0 Å². The number of benzene rings is 8. The van der Waals surface area contributed by atoms with E-state index in [0.29, 0.717) is 17.5 Å². The molecular weight excluding hydrogens is 773 g/mol. The predicted molar refractivity (Wildman–Crippen MR) is 250 cm³/mol. The molecule has 2 unspecified atom stereocenters. The third-order valence-electron chi connectivity index (χ3n) is 10.8. The molecule has 0 saturated carbocycles. The van der Waals surface area contributed by atoms with E-state index in [1.165, 1.54) is 0 Å². The topological polar surface area (TPSA) is 63.2 Å². The Morgan fingerprint density at radius 2 is 0.767 bits per heavy atom. The number of rotatable bonds is 12. The number of para-hydroxylation sites is 2. The van der Waals surface area contributed by atoms with Crippen LogP contribution < -0.4 is 36.7 Å². The van der Waals surface area contributed by atoms with Crippen LogP contribution in [-0.2, 0) is 15.6 Å². The Balaban J connectivity index is 1.19. The summed E-state index contributed by atoms with van der Waals surface area (Å²) >= 11 is 0. The molecule has 290 valence electrons. The fourth-order valence-electron chi connectivity index (χ4n) is 7.99. The second-order valence-electron chi connectivity index (χ2n) is 14.5. The molecule has 0 N–H and O–H groups in total. The van der Waals surface area contributed by atoms with Crippen LogP contribution in [0.3, 0.4) is 0 Å². The minimum Gasteiger partial charge on any atom is -0.310 e. The molecule has 8 aromatic carbocycles. The monoisotopic (exact) mass is 813 g/mol. The van der Waals surface area contributed by atoms with E-state index >= 15 is 9.13 Å². The van der Waals surface area contributed by atoms with Gasteiger partial charge in [0.2, 0.25) is 0 Å². The largest absolute Gasteiger partial charge is 0.310 e. The number of hydrogen-bond donors (Lipinski definition) is 0. The van der Waals surface area contributed by atoms with E-state index in [1.54, 1.807) is 18.5 Å². The zero-order valence-corrected chi connectivity index (χ0v) is 34.6. The lowest BCUT2D eigenvalue weighted by molar-refractivity contribution is 0.591. The van der Waals surface area contributed by atoms with Crippen molar-refractivity contribution >= 4 is 63.2 Å². The average Bonchev–Trinajstić information content (AvgIpc) is 3.33. The normalized spacial score (nSPS) is 13.1. The Hall–Kier alpha value is -6.90. The van der Waals surface area contributed by atoms with Crippen molar-refractivity contribution in [2.24, 2.45) is 0 Å². The van der Waals surface area contributed by atoms with Gasteiger partial charge in [0.25, 0.3) is 0 Å². The molecule has 1 heterocycles. The lowest BCUT2D eigenvalue weighted by Crippen LogP contribution is -2.30. The Morgan fingerprint density at radius 1 is 0.367 bits per heavy atom. The number of hydrogen-bond acceptors (Lipinski definition) is 5. The van der Waals surface area contributed by atoms with Gasteiger partial charge in [-0.3, -0.25) is 0 Å². The van der Waals surface area contributed by atoms with Gasteiger partial charge in [-0.25, -0.2) is 9.97 Å². The van der Waals surface area contributed by atoms with E-state index in [2.05, 4.69) is 63.4 Å². The molecule has 5 nitrogen and oxygen atoms in total. The number of aromatic nitrogens is 2. The summed E-state index contributed by atoms with van der Waals surface area (Å²) in [4.78, 5) is 11.2. The Morgan fingerprint density at radius 3 is 1.28 bits per heavy atom. The third kappa shape index (κ3) is 7.46. The quantitative estimate of drug-likeness (QED) is 0.115. The van der Waals surface area contributed by atoms with Crippen LogP contribution in [0.25, 0.3) is 11.4 Å². The highest BCUT2D eigenvalue weighted by atomic mass is 31.2. The Kier molecular flexibility index (Phi) is 11.0. The third-order valence-corrected chi connectivity index (χ3v) is 17.1. The molecule has 0 spiro atoms. The standard InChI is InChI=1S/C53H41N3O2P2/c57-59(47-28-9-3-10-29-47,49-32-17-22-43(39-49)53-54-36-19-37-55-53)51-34-15-13-20-41(51)38-42-21-14-16-35-52(42)60(58,48-30-11-4-12-31-48)50-33-18-27-46(40-50)56(44-23-5-1-6-24-44)45-25-7-2-8-26-45/h1-37,39-40H,38H2. The second kappa shape index (κ2) is 17.1. The first-order valence-electron chi connectivity index (χ1n) is 19.9. The molecule has 0 amide bonds. The summed E-state index contributed by atoms with van der Waals surface area (Å²) in [6.07, 6.45) is 3.83. The highest BCUT2D eigenvalue weighted by Crippen LogP contribution is 2.47. The zero-order valence-electron chi connectivity index (χ0n) is 32.8. The summed E-state index contributed by atoms with van der Waals surface area (Å²) in [7, 11) is -7.00. The average molecular weight is 814 g/mol. The van der Waals surface area contributed by atoms with Crippen molar-refractivity contribution in [2.45, 2.75) is 6.42 Å². The van der Waals surface area contributed by atoms with Gasteiger partial charge in [0.15, 0.2) is 20.1 Å². The van der Waals surface area contributed by atoms with Crippen molar-refractivity contribution in [1.82, 2.24) is 9.97 Å². The van der Waals surface area contributed by atoms with Gasteiger partial charge in [0.1, 0.15) is 0 Å². The van der Waals surface area contributed by atoms with Gasteiger partial charge >= 0.3 is 0 Å². The molecule has 0 aliphatic carbocycles. The molecule has 0 saturated heterocycles. The molecule has 9 rings (SSSR count). The van der Waals surface area contributed by atoms with Crippen LogP contribution in [0.2, 0.25) is 0 Å². The minimum absolute atomic E-state index is 0.404. The first kappa shape index (κ1) is 38.6. The van der Waals surface area contributed by atoms with Crippen LogP contribution in [0.1, 0.15) is 11.1 Å². The van der Waals surface area contributed by atoms with Gasteiger partial charge in [-0.05, 0) is 66.1 Å². The molecule has 0 fully saturated rings. The summed E-state index contributed by atoms with van der Waals surface area (Å²) < 4.78 is 32.7. The summed E-state index contributed by atoms with van der Waals surface area (Å²) in [5.41, 5.74) is 5.48. The molecule has 0 bridgehead atoms.